The van der Waals surface area contributed by atoms with Crippen LogP contribution in [0.2, 0.25) is 0 Å². The first-order valence-electron chi connectivity index (χ1n) is 12.9. The third kappa shape index (κ3) is 4.05. The van der Waals surface area contributed by atoms with Crippen molar-refractivity contribution in [3.63, 3.8) is 0 Å². The zero-order valence-electron chi connectivity index (χ0n) is 21.0. The number of rotatable bonds is 6. The van der Waals surface area contributed by atoms with Crippen molar-refractivity contribution in [2.24, 2.45) is 0 Å². The van der Waals surface area contributed by atoms with Gasteiger partial charge in [-0.1, -0.05) is 18.2 Å². The zero-order valence-corrected chi connectivity index (χ0v) is 21.0. The molecule has 1 fully saturated rings. The molecule has 2 N–H and O–H groups in total. The number of ether oxygens (including phenoxy) is 1. The van der Waals surface area contributed by atoms with Crippen LogP contribution in [0.1, 0.15) is 36.1 Å². The first-order valence-corrected chi connectivity index (χ1v) is 12.9. The largest absolute Gasteiger partial charge is 0.494 e. The molecule has 188 valence electrons. The van der Waals surface area contributed by atoms with Crippen LogP contribution in [-0.2, 0) is 18.3 Å². The molecular formula is C29H30N6O2. The number of nitriles is 1. The van der Waals surface area contributed by atoms with Crippen LogP contribution in [0.15, 0.2) is 42.6 Å². The Hall–Kier alpha value is -3.80. The van der Waals surface area contributed by atoms with Crippen molar-refractivity contribution in [3.05, 3.63) is 59.4 Å². The third-order valence-corrected chi connectivity index (χ3v) is 7.99. The predicted octanol–water partition coefficient (Wildman–Crippen LogP) is 4.03. The molecule has 0 spiro atoms. The molecule has 0 atom stereocenters. The summed E-state index contributed by atoms with van der Waals surface area (Å²) in [5.74, 6) is 0.722. The molecule has 0 saturated carbocycles. The maximum absolute atomic E-state index is 10.1. The summed E-state index contributed by atoms with van der Waals surface area (Å²) in [6.07, 6.45) is 6.52. The number of fused-ring (bicyclic) bond motifs is 2. The first-order chi connectivity index (χ1) is 18.2. The van der Waals surface area contributed by atoms with Gasteiger partial charge in [0.15, 0.2) is 0 Å². The summed E-state index contributed by atoms with van der Waals surface area (Å²) in [6, 6.07) is 14.9. The fourth-order valence-corrected chi connectivity index (χ4v) is 5.86. The van der Waals surface area contributed by atoms with Gasteiger partial charge in [-0.25, -0.2) is 4.98 Å². The van der Waals surface area contributed by atoms with Crippen LogP contribution in [0, 0.1) is 11.3 Å². The number of benzene rings is 1. The molecule has 37 heavy (non-hydrogen) atoms. The van der Waals surface area contributed by atoms with E-state index in [9.17, 15) is 10.4 Å². The summed E-state index contributed by atoms with van der Waals surface area (Å²) in [4.78, 5) is 12.0. The molecule has 1 aromatic carbocycles. The fraction of sp³-hybridized carbons (Fsp3) is 0.379. The quantitative estimate of drug-likeness (QED) is 0.416. The lowest BCUT2D eigenvalue weighted by atomic mass is 9.76. The molecule has 0 bridgehead atoms. The number of aryl methyl sites for hydroxylation is 1. The summed E-state index contributed by atoms with van der Waals surface area (Å²) in [5.41, 5.74) is 8.04. The van der Waals surface area contributed by atoms with Crippen molar-refractivity contribution in [2.75, 3.05) is 33.4 Å². The smallest absolute Gasteiger partial charge is 0.147 e. The standard InChI is InChI=1S/C29H30N6O2/c1-37-24-16-23-28(32-27(24)22-7-3-5-19-4-2-6-21(19)22)26(34-33-23)20-8-9-25(31-17-20)29(18-30)10-12-35(13-11-29)14-15-36/h3,5,7-9,16-17,36H,2,4,6,10-15H2,1H3,(H,33,34). The van der Waals surface area contributed by atoms with Crippen LogP contribution in [-0.4, -0.2) is 63.5 Å². The molecule has 4 aromatic rings. The number of aromatic amines is 1. The molecule has 6 rings (SSSR count). The maximum Gasteiger partial charge on any atom is 0.147 e. The molecule has 4 heterocycles. The van der Waals surface area contributed by atoms with E-state index in [1.54, 1.807) is 13.3 Å². The average Bonchev–Trinajstić information content (AvgIpc) is 3.60. The van der Waals surface area contributed by atoms with Gasteiger partial charge in [-0.15, -0.1) is 0 Å². The number of H-pyrrole nitrogens is 1. The fourth-order valence-electron chi connectivity index (χ4n) is 5.86. The minimum absolute atomic E-state index is 0.137. The molecule has 1 saturated heterocycles. The SMILES string of the molecule is COc1cc2[nH]nc(-c3ccc(C4(C#N)CCN(CCO)CC4)nc3)c2nc1-c1cccc2c1CCC2. The number of piperidine rings is 1. The molecule has 1 aliphatic heterocycles. The van der Waals surface area contributed by atoms with Crippen LogP contribution in [0.5, 0.6) is 5.75 Å². The monoisotopic (exact) mass is 494 g/mol. The van der Waals surface area contributed by atoms with Gasteiger partial charge in [0.05, 0.1) is 31.0 Å². The number of hydrogen-bond acceptors (Lipinski definition) is 7. The number of methoxy groups -OCH3 is 1. The van der Waals surface area contributed by atoms with Crippen molar-refractivity contribution in [1.29, 1.82) is 5.26 Å². The lowest BCUT2D eigenvalue weighted by Gasteiger charge is -2.36. The second-order valence-electron chi connectivity index (χ2n) is 10.00. The highest BCUT2D eigenvalue weighted by Gasteiger charge is 2.37. The maximum atomic E-state index is 10.1. The highest BCUT2D eigenvalue weighted by molar-refractivity contribution is 5.93. The third-order valence-electron chi connectivity index (χ3n) is 7.99. The van der Waals surface area contributed by atoms with E-state index in [1.165, 1.54) is 11.1 Å². The summed E-state index contributed by atoms with van der Waals surface area (Å²) in [6.45, 7) is 2.34. The van der Waals surface area contributed by atoms with E-state index in [0.717, 1.165) is 77.3 Å². The van der Waals surface area contributed by atoms with E-state index >= 15 is 0 Å². The van der Waals surface area contributed by atoms with E-state index in [4.69, 9.17) is 14.7 Å². The molecule has 0 amide bonds. The number of aliphatic hydroxyl groups excluding tert-OH is 1. The number of aliphatic hydroxyl groups is 1. The van der Waals surface area contributed by atoms with E-state index in [1.807, 2.05) is 18.2 Å². The summed E-state index contributed by atoms with van der Waals surface area (Å²) < 4.78 is 5.74. The molecule has 8 nitrogen and oxygen atoms in total. The van der Waals surface area contributed by atoms with Gasteiger partial charge in [0.25, 0.3) is 0 Å². The molecule has 0 unspecified atom stereocenters. The Bertz CT molecular complexity index is 1480. The van der Waals surface area contributed by atoms with Crippen LogP contribution < -0.4 is 4.74 Å². The van der Waals surface area contributed by atoms with Crippen LogP contribution in [0.3, 0.4) is 0 Å². The summed E-state index contributed by atoms with van der Waals surface area (Å²) in [5, 5.41) is 27.0. The van der Waals surface area contributed by atoms with Crippen LogP contribution in [0.25, 0.3) is 33.5 Å². The normalized spacial score (nSPS) is 17.0. The van der Waals surface area contributed by atoms with Gasteiger partial charge in [-0.2, -0.15) is 10.4 Å². The first kappa shape index (κ1) is 23.6. The Balaban J connectivity index is 1.36. The molecule has 8 heteroatoms. The van der Waals surface area contributed by atoms with Crippen molar-refractivity contribution in [2.45, 2.75) is 37.5 Å². The second kappa shape index (κ2) is 9.58. The van der Waals surface area contributed by atoms with E-state index in [2.05, 4.69) is 39.4 Å². The second-order valence-corrected chi connectivity index (χ2v) is 10.00. The molecule has 0 radical (unpaired) electrons. The van der Waals surface area contributed by atoms with Crippen molar-refractivity contribution in [3.8, 4) is 34.3 Å². The van der Waals surface area contributed by atoms with Gasteiger partial charge >= 0.3 is 0 Å². The Morgan fingerprint density at radius 1 is 1.16 bits per heavy atom. The van der Waals surface area contributed by atoms with Gasteiger partial charge < -0.3 is 14.7 Å². The molecule has 1 aliphatic carbocycles. The minimum atomic E-state index is -0.607. The minimum Gasteiger partial charge on any atom is -0.494 e. The number of likely N-dealkylation sites (tertiary alicyclic amines) is 1. The number of nitrogens with one attached hydrogen (secondary N) is 1. The van der Waals surface area contributed by atoms with Crippen molar-refractivity contribution < 1.29 is 9.84 Å². The number of aromatic nitrogens is 4. The average molecular weight is 495 g/mol. The predicted molar refractivity (Wildman–Crippen MR) is 141 cm³/mol. The molecular weight excluding hydrogens is 464 g/mol. The van der Waals surface area contributed by atoms with Crippen molar-refractivity contribution in [1.82, 2.24) is 25.1 Å². The number of hydrogen-bond donors (Lipinski definition) is 2. The van der Waals surface area contributed by atoms with E-state index in [0.29, 0.717) is 19.4 Å². The van der Waals surface area contributed by atoms with Gasteiger partial charge in [-0.3, -0.25) is 10.1 Å². The topological polar surface area (TPSA) is 111 Å². The van der Waals surface area contributed by atoms with E-state index < -0.39 is 5.41 Å². The highest BCUT2D eigenvalue weighted by atomic mass is 16.5. The lowest BCUT2D eigenvalue weighted by molar-refractivity contribution is 0.147. The lowest BCUT2D eigenvalue weighted by Crippen LogP contribution is -2.43. The van der Waals surface area contributed by atoms with Crippen molar-refractivity contribution >= 4 is 11.0 Å². The number of β-amino-alcohol motifs (C(OH)–C–C–N with tert-alkyl or cyclic N) is 1. The molecule has 2 aliphatic rings. The molecule has 3 aromatic heterocycles. The highest BCUT2D eigenvalue weighted by Crippen LogP contribution is 2.39. The van der Waals surface area contributed by atoms with Gasteiger partial charge in [-0.05, 0) is 55.4 Å². The van der Waals surface area contributed by atoms with E-state index in [-0.39, 0.29) is 6.61 Å². The van der Waals surface area contributed by atoms with Gasteiger partial charge in [0, 0.05) is 43.0 Å². The summed E-state index contributed by atoms with van der Waals surface area (Å²) in [7, 11) is 1.68. The number of pyridine rings is 2. The Labute approximate surface area is 215 Å². The Kier molecular flexibility index (Phi) is 6.11. The Morgan fingerprint density at radius 2 is 2.03 bits per heavy atom. The Morgan fingerprint density at radius 3 is 2.76 bits per heavy atom. The van der Waals surface area contributed by atoms with Crippen LogP contribution in [0.4, 0.5) is 0 Å². The van der Waals surface area contributed by atoms with Gasteiger partial charge in [0.2, 0.25) is 0 Å². The van der Waals surface area contributed by atoms with Crippen LogP contribution >= 0.6 is 0 Å². The summed E-state index contributed by atoms with van der Waals surface area (Å²) >= 11 is 0. The zero-order chi connectivity index (χ0) is 25.4. The number of nitrogens with zero attached hydrogens (tertiary/aromatic N) is 5. The van der Waals surface area contributed by atoms with Gasteiger partial charge in [0.1, 0.15) is 28.1 Å².